The Labute approximate surface area is 222 Å². The van der Waals surface area contributed by atoms with Crippen LogP contribution in [-0.4, -0.2) is 74.6 Å². The fraction of sp³-hybridized carbons (Fsp3) is 0.458. The minimum Gasteiger partial charge on any atom is -0.480 e. The summed E-state index contributed by atoms with van der Waals surface area (Å²) >= 11 is 0. The van der Waals surface area contributed by atoms with Crippen LogP contribution < -0.4 is 15.8 Å². The Bertz CT molecular complexity index is 1470. The number of hydrogen-bond acceptors (Lipinski definition) is 7. The van der Waals surface area contributed by atoms with Crippen molar-refractivity contribution >= 4 is 23.1 Å². The highest BCUT2D eigenvalue weighted by atomic mass is 19.4. The highest BCUT2D eigenvalue weighted by Crippen LogP contribution is 2.44. The van der Waals surface area contributed by atoms with Crippen LogP contribution in [0.5, 0.6) is 5.88 Å². The van der Waals surface area contributed by atoms with E-state index in [-0.39, 0.29) is 42.2 Å². The van der Waals surface area contributed by atoms with E-state index >= 15 is 0 Å². The van der Waals surface area contributed by atoms with Crippen LogP contribution in [0.25, 0.3) is 16.8 Å². The fourth-order valence-electron chi connectivity index (χ4n) is 5.06. The molecule has 2 atom stereocenters. The number of carbonyl (C=O) groups is 2. The molecule has 3 aromatic heterocycles. The first-order chi connectivity index (χ1) is 18.8. The molecular formula is C24H23F6N7O3. The summed E-state index contributed by atoms with van der Waals surface area (Å²) < 4.78 is 88.1. The van der Waals surface area contributed by atoms with E-state index in [1.165, 1.54) is 24.3 Å². The number of nitrogens with zero attached hydrogens (tertiary/aromatic N) is 5. The number of aromatic nitrogens is 4. The predicted octanol–water partition coefficient (Wildman–Crippen LogP) is 3.12. The second-order valence-corrected chi connectivity index (χ2v) is 9.86. The highest BCUT2D eigenvalue weighted by Gasteiger charge is 2.47. The Kier molecular flexibility index (Phi) is 6.74. The van der Waals surface area contributed by atoms with Gasteiger partial charge in [0.15, 0.2) is 5.82 Å². The second kappa shape index (κ2) is 9.82. The van der Waals surface area contributed by atoms with E-state index in [0.29, 0.717) is 0 Å². The van der Waals surface area contributed by atoms with Crippen LogP contribution in [0.15, 0.2) is 24.7 Å². The lowest BCUT2D eigenvalue weighted by molar-refractivity contribution is -0.141. The van der Waals surface area contributed by atoms with Gasteiger partial charge in [-0.15, -0.1) is 0 Å². The van der Waals surface area contributed by atoms with E-state index < -0.39 is 71.8 Å². The maximum absolute atomic E-state index is 14.8. The third-order valence-corrected chi connectivity index (χ3v) is 7.03. The maximum atomic E-state index is 14.8. The molecule has 1 saturated carbocycles. The van der Waals surface area contributed by atoms with Crippen LogP contribution in [0.4, 0.5) is 32.2 Å². The number of nitrogen functional groups attached to an aromatic ring is 1. The lowest BCUT2D eigenvalue weighted by Crippen LogP contribution is -2.42. The van der Waals surface area contributed by atoms with E-state index in [2.05, 4.69) is 20.4 Å². The molecule has 10 nitrogen and oxygen atoms in total. The van der Waals surface area contributed by atoms with Gasteiger partial charge in [0.2, 0.25) is 17.7 Å². The molecule has 1 aliphatic heterocycles. The van der Waals surface area contributed by atoms with Crippen molar-refractivity contribution in [3.05, 3.63) is 35.8 Å². The molecule has 2 fully saturated rings. The monoisotopic (exact) mass is 571 g/mol. The van der Waals surface area contributed by atoms with E-state index in [1.54, 1.807) is 0 Å². The van der Waals surface area contributed by atoms with Crippen molar-refractivity contribution in [1.82, 2.24) is 29.8 Å². The zero-order chi connectivity index (χ0) is 29.0. The van der Waals surface area contributed by atoms with Crippen molar-refractivity contribution in [2.75, 3.05) is 25.9 Å². The number of fused-ring (bicyclic) bond motifs is 1. The summed E-state index contributed by atoms with van der Waals surface area (Å²) in [5.74, 6) is -5.18. The average molecular weight is 571 g/mol. The van der Waals surface area contributed by atoms with Crippen LogP contribution in [-0.2, 0) is 11.0 Å². The molecule has 1 aliphatic carbocycles. The fourth-order valence-corrected chi connectivity index (χ4v) is 5.06. The van der Waals surface area contributed by atoms with E-state index in [4.69, 9.17) is 10.5 Å². The molecule has 16 heteroatoms. The second-order valence-electron chi connectivity index (χ2n) is 9.86. The van der Waals surface area contributed by atoms with E-state index in [0.717, 1.165) is 16.9 Å². The number of halogens is 6. The van der Waals surface area contributed by atoms with Crippen molar-refractivity contribution < 1.29 is 40.7 Å². The van der Waals surface area contributed by atoms with Crippen LogP contribution in [0.1, 0.15) is 35.2 Å². The maximum Gasteiger partial charge on any atom is 0.418 e. The zero-order valence-corrected chi connectivity index (χ0v) is 20.9. The number of hydrogen-bond donors (Lipinski definition) is 2. The number of amides is 2. The Morgan fingerprint density at radius 2 is 1.93 bits per heavy atom. The van der Waals surface area contributed by atoms with Gasteiger partial charge in [0.05, 0.1) is 31.0 Å². The number of nitrogens with two attached hydrogens (primary N) is 1. The molecule has 40 heavy (non-hydrogen) atoms. The van der Waals surface area contributed by atoms with Gasteiger partial charge in [-0.05, 0) is 18.1 Å². The van der Waals surface area contributed by atoms with Crippen LogP contribution in [0, 0.1) is 5.92 Å². The summed E-state index contributed by atoms with van der Waals surface area (Å²) in [7, 11) is 1.22. The third-order valence-electron chi connectivity index (χ3n) is 7.03. The van der Waals surface area contributed by atoms with Crippen molar-refractivity contribution in [2.45, 2.75) is 43.6 Å². The van der Waals surface area contributed by atoms with Gasteiger partial charge in [0, 0.05) is 37.6 Å². The third kappa shape index (κ3) is 5.09. The SMILES string of the molecule is COc1ncc(-c2cc(C(F)(F)F)c3c(N)ncnn23)cc1C(=O)N[C@@H]1CN(C(=O)CC2CC(F)(F)C2)C[C@@H]1F. The zero-order valence-electron chi connectivity index (χ0n) is 20.9. The van der Waals surface area contributed by atoms with Gasteiger partial charge in [-0.25, -0.2) is 27.7 Å². The number of carbonyl (C=O) groups excluding carboxylic acids is 2. The van der Waals surface area contributed by atoms with Gasteiger partial charge in [0.25, 0.3) is 5.91 Å². The largest absolute Gasteiger partial charge is 0.480 e. The number of methoxy groups -OCH3 is 1. The summed E-state index contributed by atoms with van der Waals surface area (Å²) in [5.41, 5.74) is 3.86. The number of anilines is 1. The first-order valence-corrected chi connectivity index (χ1v) is 12.1. The lowest BCUT2D eigenvalue weighted by Gasteiger charge is -2.35. The first kappa shape index (κ1) is 27.5. The standard InChI is InChI=1S/C24H23F6N7O3/c1-40-22-13(21(39)35-16-9-36(8-15(16)25)18(38)2-11-5-23(26,27)6-11)3-12(7-32-22)17-4-14(24(28,29)30)19-20(31)33-10-34-37(17)19/h3-4,7,10-11,15-16H,2,5-6,8-9H2,1H3,(H,35,39)(H2,31,33,34)/t15-,16+/m0/s1. The molecular weight excluding hydrogens is 548 g/mol. The van der Waals surface area contributed by atoms with Crippen LogP contribution in [0.3, 0.4) is 0 Å². The van der Waals surface area contributed by atoms with Gasteiger partial charge >= 0.3 is 6.18 Å². The van der Waals surface area contributed by atoms with Crippen molar-refractivity contribution in [1.29, 1.82) is 0 Å². The molecule has 0 aromatic carbocycles. The Balaban J connectivity index is 1.37. The van der Waals surface area contributed by atoms with Crippen LogP contribution in [0.2, 0.25) is 0 Å². The summed E-state index contributed by atoms with van der Waals surface area (Å²) in [6.45, 7) is -0.501. The molecule has 0 unspecified atom stereocenters. The summed E-state index contributed by atoms with van der Waals surface area (Å²) in [4.78, 5) is 34.5. The molecule has 214 valence electrons. The Hall–Kier alpha value is -4.11. The smallest absolute Gasteiger partial charge is 0.418 e. The highest BCUT2D eigenvalue weighted by molar-refractivity contribution is 5.98. The summed E-state index contributed by atoms with van der Waals surface area (Å²) in [6, 6.07) is 0.886. The van der Waals surface area contributed by atoms with Crippen molar-refractivity contribution in [2.24, 2.45) is 5.92 Å². The number of pyridine rings is 1. The van der Waals surface area contributed by atoms with Crippen molar-refractivity contribution in [3.63, 3.8) is 0 Å². The predicted molar refractivity (Wildman–Crippen MR) is 127 cm³/mol. The number of rotatable bonds is 6. The lowest BCUT2D eigenvalue weighted by atomic mass is 9.79. The molecule has 2 amide bonds. The summed E-state index contributed by atoms with van der Waals surface area (Å²) in [5, 5.41) is 6.34. The van der Waals surface area contributed by atoms with Gasteiger partial charge < -0.3 is 20.7 Å². The molecule has 4 heterocycles. The Morgan fingerprint density at radius 3 is 2.58 bits per heavy atom. The quantitative estimate of drug-likeness (QED) is 0.436. The molecule has 0 spiro atoms. The summed E-state index contributed by atoms with van der Waals surface area (Å²) in [6.07, 6.45) is -5.20. The molecule has 2 aliphatic rings. The topological polar surface area (TPSA) is 128 Å². The van der Waals surface area contributed by atoms with Gasteiger partial charge in [-0.3, -0.25) is 9.59 Å². The van der Waals surface area contributed by atoms with Gasteiger partial charge in [-0.1, -0.05) is 0 Å². The van der Waals surface area contributed by atoms with Gasteiger partial charge in [-0.2, -0.15) is 18.3 Å². The number of alkyl halides is 6. The van der Waals surface area contributed by atoms with E-state index in [1.807, 2.05) is 0 Å². The first-order valence-electron chi connectivity index (χ1n) is 12.1. The molecule has 0 radical (unpaired) electrons. The number of nitrogens with one attached hydrogen (secondary N) is 1. The van der Waals surface area contributed by atoms with Crippen molar-refractivity contribution in [3.8, 4) is 17.1 Å². The molecule has 3 aromatic rings. The van der Waals surface area contributed by atoms with Crippen LogP contribution >= 0.6 is 0 Å². The number of likely N-dealkylation sites (tertiary alicyclic amines) is 1. The minimum atomic E-state index is -4.79. The van der Waals surface area contributed by atoms with Gasteiger partial charge in [0.1, 0.15) is 23.6 Å². The normalized spacial score (nSPS) is 20.9. The van der Waals surface area contributed by atoms with E-state index in [9.17, 15) is 35.9 Å². The number of ether oxygens (including phenoxy) is 1. The molecule has 1 saturated heterocycles. The Morgan fingerprint density at radius 1 is 1.20 bits per heavy atom. The molecule has 0 bridgehead atoms. The molecule has 5 rings (SSSR count). The minimum absolute atomic E-state index is 0.0480. The molecule has 3 N–H and O–H groups in total. The average Bonchev–Trinajstić information content (AvgIpc) is 3.44.